The Balaban J connectivity index is 2.39. The van der Waals surface area contributed by atoms with Crippen LogP contribution in [0.2, 0.25) is 0 Å². The summed E-state index contributed by atoms with van der Waals surface area (Å²) in [7, 11) is 0. The normalized spacial score (nSPS) is 10.2. The number of anilines is 2. The van der Waals surface area contributed by atoms with Crippen LogP contribution in [-0.2, 0) is 0 Å². The van der Waals surface area contributed by atoms with Gasteiger partial charge in [-0.05, 0) is 37.3 Å². The van der Waals surface area contributed by atoms with Gasteiger partial charge in [-0.3, -0.25) is 4.79 Å². The predicted molar refractivity (Wildman–Crippen MR) is 82.3 cm³/mol. The Morgan fingerprint density at radius 3 is 2.53 bits per heavy atom. The lowest BCUT2D eigenvalue weighted by molar-refractivity contribution is 0.0989. The number of carbonyl (C=O) groups excluding carboxylic acids is 1. The summed E-state index contributed by atoms with van der Waals surface area (Å²) < 4.78 is 0.842. The van der Waals surface area contributed by atoms with Gasteiger partial charge in [-0.25, -0.2) is 0 Å². The van der Waals surface area contributed by atoms with Crippen LogP contribution in [0.5, 0.6) is 0 Å². The van der Waals surface area contributed by atoms with Gasteiger partial charge in [0.15, 0.2) is 0 Å². The third-order valence-electron chi connectivity index (χ3n) is 2.87. The van der Waals surface area contributed by atoms with Crippen molar-refractivity contribution in [2.45, 2.75) is 6.92 Å². The number of carbonyl (C=O) groups is 1. The molecule has 0 bridgehead atoms. The molecule has 2 N–H and O–H groups in total. The van der Waals surface area contributed by atoms with Gasteiger partial charge < -0.3 is 10.6 Å². The summed E-state index contributed by atoms with van der Waals surface area (Å²) in [4.78, 5) is 14.3. The van der Waals surface area contributed by atoms with E-state index < -0.39 is 0 Å². The summed E-state index contributed by atoms with van der Waals surface area (Å²) in [6.45, 7) is 2.54. The van der Waals surface area contributed by atoms with Gasteiger partial charge >= 0.3 is 0 Å². The largest absolute Gasteiger partial charge is 0.398 e. The van der Waals surface area contributed by atoms with Crippen molar-refractivity contribution in [1.82, 2.24) is 0 Å². The molecule has 0 saturated heterocycles. The molecule has 0 unspecified atom stereocenters. The van der Waals surface area contributed by atoms with E-state index in [2.05, 4.69) is 15.9 Å². The van der Waals surface area contributed by atoms with E-state index >= 15 is 0 Å². The van der Waals surface area contributed by atoms with Crippen molar-refractivity contribution >= 4 is 33.2 Å². The van der Waals surface area contributed by atoms with Gasteiger partial charge in [-0.2, -0.15) is 0 Å². The smallest absolute Gasteiger partial charge is 0.260 e. The van der Waals surface area contributed by atoms with E-state index in [4.69, 9.17) is 5.73 Å². The molecule has 2 rings (SSSR count). The number of para-hydroxylation sites is 1. The highest BCUT2D eigenvalue weighted by Crippen LogP contribution is 2.23. The lowest BCUT2D eigenvalue weighted by atomic mass is 10.1. The Bertz CT molecular complexity index is 584. The molecule has 2 aromatic rings. The van der Waals surface area contributed by atoms with Crippen LogP contribution in [0.15, 0.2) is 53.0 Å². The minimum Gasteiger partial charge on any atom is -0.398 e. The molecule has 4 heteroatoms. The zero-order valence-electron chi connectivity index (χ0n) is 10.6. The second-order valence-electron chi connectivity index (χ2n) is 4.12. The van der Waals surface area contributed by atoms with Gasteiger partial charge in [0.1, 0.15) is 0 Å². The van der Waals surface area contributed by atoms with Crippen molar-refractivity contribution in [1.29, 1.82) is 0 Å². The van der Waals surface area contributed by atoms with Crippen LogP contribution in [0, 0.1) is 0 Å². The predicted octanol–water partition coefficient (Wildman–Crippen LogP) is 3.70. The first-order valence-corrected chi connectivity index (χ1v) is 6.84. The Morgan fingerprint density at radius 1 is 1.21 bits per heavy atom. The lowest BCUT2D eigenvalue weighted by Gasteiger charge is -2.22. The van der Waals surface area contributed by atoms with Gasteiger partial charge in [-0.15, -0.1) is 0 Å². The molecule has 0 saturated carbocycles. The van der Waals surface area contributed by atoms with E-state index in [1.165, 1.54) is 0 Å². The zero-order valence-corrected chi connectivity index (χ0v) is 12.2. The summed E-state index contributed by atoms with van der Waals surface area (Å²) in [6.07, 6.45) is 0. The summed E-state index contributed by atoms with van der Waals surface area (Å²) in [5, 5.41) is 0. The fourth-order valence-electron chi connectivity index (χ4n) is 1.91. The van der Waals surface area contributed by atoms with Crippen molar-refractivity contribution in [2.75, 3.05) is 17.2 Å². The highest BCUT2D eigenvalue weighted by atomic mass is 79.9. The number of rotatable bonds is 3. The maximum Gasteiger partial charge on any atom is 0.260 e. The number of nitrogen functional groups attached to an aromatic ring is 1. The van der Waals surface area contributed by atoms with Crippen LogP contribution in [0.3, 0.4) is 0 Å². The molecule has 0 aliphatic carbocycles. The van der Waals surface area contributed by atoms with Gasteiger partial charge in [-0.1, -0.05) is 34.1 Å². The quantitative estimate of drug-likeness (QED) is 0.877. The Labute approximate surface area is 121 Å². The second-order valence-corrected chi connectivity index (χ2v) is 5.03. The fraction of sp³-hybridized carbons (Fsp3) is 0.133. The molecule has 0 heterocycles. The highest BCUT2D eigenvalue weighted by Gasteiger charge is 2.18. The van der Waals surface area contributed by atoms with Crippen LogP contribution >= 0.6 is 15.9 Å². The number of amides is 1. The number of benzene rings is 2. The van der Waals surface area contributed by atoms with Crippen LogP contribution in [0.1, 0.15) is 17.3 Å². The highest BCUT2D eigenvalue weighted by molar-refractivity contribution is 9.10. The summed E-state index contributed by atoms with van der Waals surface area (Å²) in [6, 6.07) is 14.9. The van der Waals surface area contributed by atoms with Crippen LogP contribution in [0.4, 0.5) is 11.4 Å². The van der Waals surface area contributed by atoms with Crippen molar-refractivity contribution in [3.05, 3.63) is 58.6 Å². The van der Waals surface area contributed by atoms with Gasteiger partial charge in [0.2, 0.25) is 0 Å². The third kappa shape index (κ3) is 2.96. The standard InChI is InChI=1S/C15H15BrN2O/c1-2-18(12-6-4-3-5-7-12)15(19)13-10-11(16)8-9-14(13)17/h3-10H,2,17H2,1H3. The molecule has 2 aromatic carbocycles. The molecule has 0 aliphatic rings. The fourth-order valence-corrected chi connectivity index (χ4v) is 2.27. The maximum absolute atomic E-state index is 12.6. The first-order valence-electron chi connectivity index (χ1n) is 6.05. The topological polar surface area (TPSA) is 46.3 Å². The first kappa shape index (κ1) is 13.6. The van der Waals surface area contributed by atoms with E-state index in [1.807, 2.05) is 43.3 Å². The van der Waals surface area contributed by atoms with E-state index in [1.54, 1.807) is 17.0 Å². The molecule has 0 fully saturated rings. The second kappa shape index (κ2) is 5.89. The van der Waals surface area contributed by atoms with E-state index in [0.717, 1.165) is 10.2 Å². The van der Waals surface area contributed by atoms with E-state index in [-0.39, 0.29) is 5.91 Å². The first-order chi connectivity index (χ1) is 9.13. The Kier molecular flexibility index (Phi) is 4.22. The van der Waals surface area contributed by atoms with Gasteiger partial charge in [0.25, 0.3) is 5.91 Å². The summed E-state index contributed by atoms with van der Waals surface area (Å²) in [5.41, 5.74) is 7.76. The van der Waals surface area contributed by atoms with Gasteiger partial charge in [0, 0.05) is 22.4 Å². The monoisotopic (exact) mass is 318 g/mol. The molecule has 0 aliphatic heterocycles. The van der Waals surface area contributed by atoms with Gasteiger partial charge in [0.05, 0.1) is 5.56 Å². The zero-order chi connectivity index (χ0) is 13.8. The van der Waals surface area contributed by atoms with Crippen molar-refractivity contribution in [3.63, 3.8) is 0 Å². The van der Waals surface area contributed by atoms with E-state index in [9.17, 15) is 4.79 Å². The summed E-state index contributed by atoms with van der Waals surface area (Å²) in [5.74, 6) is -0.0903. The summed E-state index contributed by atoms with van der Waals surface area (Å²) >= 11 is 3.37. The molecule has 0 atom stereocenters. The van der Waals surface area contributed by atoms with Crippen LogP contribution in [-0.4, -0.2) is 12.5 Å². The Morgan fingerprint density at radius 2 is 1.89 bits per heavy atom. The number of nitrogens with zero attached hydrogens (tertiary/aromatic N) is 1. The molecule has 19 heavy (non-hydrogen) atoms. The third-order valence-corrected chi connectivity index (χ3v) is 3.37. The average Bonchev–Trinajstić information content (AvgIpc) is 2.43. The number of hydrogen-bond acceptors (Lipinski definition) is 2. The van der Waals surface area contributed by atoms with Crippen LogP contribution in [0.25, 0.3) is 0 Å². The Hall–Kier alpha value is -1.81. The molecule has 3 nitrogen and oxygen atoms in total. The van der Waals surface area contributed by atoms with Crippen molar-refractivity contribution < 1.29 is 4.79 Å². The molecule has 0 spiro atoms. The van der Waals surface area contributed by atoms with E-state index in [0.29, 0.717) is 17.8 Å². The average molecular weight is 319 g/mol. The molecular formula is C15H15BrN2O. The minimum absolute atomic E-state index is 0.0903. The van der Waals surface area contributed by atoms with Crippen LogP contribution < -0.4 is 10.6 Å². The SMILES string of the molecule is CCN(C(=O)c1cc(Br)ccc1N)c1ccccc1. The number of halogens is 1. The lowest BCUT2D eigenvalue weighted by Crippen LogP contribution is -2.31. The van der Waals surface area contributed by atoms with Crippen molar-refractivity contribution in [3.8, 4) is 0 Å². The minimum atomic E-state index is -0.0903. The maximum atomic E-state index is 12.6. The number of hydrogen-bond donors (Lipinski definition) is 1. The molecule has 0 aromatic heterocycles. The molecule has 1 amide bonds. The molecule has 0 radical (unpaired) electrons. The molecule has 98 valence electrons. The molecular weight excluding hydrogens is 304 g/mol. The van der Waals surface area contributed by atoms with Crippen molar-refractivity contribution in [2.24, 2.45) is 0 Å². The number of nitrogens with two attached hydrogens (primary N) is 1.